The molecule has 0 radical (unpaired) electrons. The van der Waals surface area contributed by atoms with Crippen molar-refractivity contribution in [2.45, 2.75) is 26.5 Å². The maximum atomic E-state index is 11.6. The Morgan fingerprint density at radius 2 is 2.22 bits per heavy atom. The van der Waals surface area contributed by atoms with Gasteiger partial charge in [-0.25, -0.2) is 0 Å². The predicted octanol–water partition coefficient (Wildman–Crippen LogP) is 1.05. The molecule has 0 aromatic carbocycles. The number of carbonyl (C=O) groups excluding carboxylic acids is 1. The van der Waals surface area contributed by atoms with Gasteiger partial charge in [0.05, 0.1) is 11.9 Å². The largest absolute Gasteiger partial charge is 0.479 e. The molecule has 5 heteroatoms. The minimum absolute atomic E-state index is 0.0632. The van der Waals surface area contributed by atoms with Crippen LogP contribution in [0.4, 0.5) is 0 Å². The number of amides is 1. The van der Waals surface area contributed by atoms with Crippen molar-refractivity contribution < 1.29 is 9.53 Å². The molecule has 1 heterocycles. The van der Waals surface area contributed by atoms with Crippen molar-refractivity contribution in [2.24, 2.45) is 0 Å². The molecule has 1 rings (SSSR count). The fourth-order valence-electron chi connectivity index (χ4n) is 1.46. The quantitative estimate of drug-likeness (QED) is 0.821. The molecule has 1 amide bonds. The Balaban J connectivity index is 2.55. The molecule has 18 heavy (non-hydrogen) atoms. The number of nitrogens with zero attached hydrogens (tertiary/aromatic N) is 2. The van der Waals surface area contributed by atoms with Crippen LogP contribution in [0.25, 0.3) is 0 Å². The second-order valence-corrected chi connectivity index (χ2v) is 4.26. The molecule has 0 spiro atoms. The first-order valence-electron chi connectivity index (χ1n) is 6.08. The monoisotopic (exact) mass is 251 g/mol. The minimum Gasteiger partial charge on any atom is -0.479 e. The van der Waals surface area contributed by atoms with Crippen LogP contribution in [0.5, 0.6) is 5.75 Å². The van der Waals surface area contributed by atoms with Crippen molar-refractivity contribution in [3.05, 3.63) is 24.0 Å². The van der Waals surface area contributed by atoms with Crippen LogP contribution < -0.4 is 10.1 Å². The number of hydrogen-bond acceptors (Lipinski definition) is 4. The van der Waals surface area contributed by atoms with Gasteiger partial charge < -0.3 is 15.0 Å². The summed E-state index contributed by atoms with van der Waals surface area (Å²) in [5.41, 5.74) is 0.954. The molecule has 1 atom stereocenters. The van der Waals surface area contributed by atoms with E-state index in [0.717, 1.165) is 18.8 Å². The smallest absolute Gasteiger partial charge is 0.262 e. The summed E-state index contributed by atoms with van der Waals surface area (Å²) in [5, 5.41) is 3.19. The average Bonchev–Trinajstić information content (AvgIpc) is 2.36. The Morgan fingerprint density at radius 1 is 1.50 bits per heavy atom. The lowest BCUT2D eigenvalue weighted by Gasteiger charge is -2.18. The van der Waals surface area contributed by atoms with Crippen LogP contribution in [0.3, 0.4) is 0 Å². The molecule has 0 saturated carbocycles. The maximum absolute atomic E-state index is 11.6. The zero-order valence-electron chi connectivity index (χ0n) is 11.4. The van der Waals surface area contributed by atoms with Gasteiger partial charge in [-0.2, -0.15) is 0 Å². The summed E-state index contributed by atoms with van der Waals surface area (Å²) in [5.74, 6) is 0.546. The second-order valence-electron chi connectivity index (χ2n) is 4.26. The Morgan fingerprint density at radius 3 is 2.72 bits per heavy atom. The van der Waals surface area contributed by atoms with Crippen LogP contribution >= 0.6 is 0 Å². The van der Waals surface area contributed by atoms with Crippen molar-refractivity contribution in [1.82, 2.24) is 15.2 Å². The van der Waals surface area contributed by atoms with Gasteiger partial charge in [-0.15, -0.1) is 0 Å². The molecule has 0 aliphatic rings. The summed E-state index contributed by atoms with van der Waals surface area (Å²) >= 11 is 0. The van der Waals surface area contributed by atoms with Gasteiger partial charge in [0.15, 0.2) is 6.10 Å². The topological polar surface area (TPSA) is 54.5 Å². The van der Waals surface area contributed by atoms with Crippen molar-refractivity contribution in [3.63, 3.8) is 0 Å². The Hall–Kier alpha value is -1.62. The van der Waals surface area contributed by atoms with E-state index in [-0.39, 0.29) is 5.91 Å². The predicted molar refractivity (Wildman–Crippen MR) is 70.4 cm³/mol. The number of carbonyl (C=O) groups is 1. The van der Waals surface area contributed by atoms with Gasteiger partial charge in [0.25, 0.3) is 5.91 Å². The van der Waals surface area contributed by atoms with Gasteiger partial charge in [0, 0.05) is 20.6 Å². The fourth-order valence-corrected chi connectivity index (χ4v) is 1.46. The van der Waals surface area contributed by atoms with E-state index in [1.807, 2.05) is 19.1 Å². The van der Waals surface area contributed by atoms with Gasteiger partial charge >= 0.3 is 0 Å². The number of likely N-dealkylation sites (N-methyl/N-ethyl adjacent to an activating group) is 1. The molecule has 100 valence electrons. The van der Waals surface area contributed by atoms with Crippen LogP contribution in [0, 0.1) is 0 Å². The van der Waals surface area contributed by atoms with Crippen LogP contribution in [0.2, 0.25) is 0 Å². The molecule has 0 aliphatic heterocycles. The number of ether oxygens (including phenoxy) is 1. The third-order valence-corrected chi connectivity index (χ3v) is 2.46. The molecule has 1 aromatic heterocycles. The van der Waals surface area contributed by atoms with Crippen molar-refractivity contribution >= 4 is 5.91 Å². The van der Waals surface area contributed by atoms with E-state index in [2.05, 4.69) is 10.3 Å². The molecular formula is C13H21N3O2. The first kappa shape index (κ1) is 14.4. The molecular weight excluding hydrogens is 230 g/mol. The number of pyridine rings is 1. The molecule has 0 saturated heterocycles. The SMILES string of the molecule is CCNCc1ccc(OC(C)C(=O)N(C)C)cn1. The van der Waals surface area contributed by atoms with E-state index in [1.54, 1.807) is 27.2 Å². The van der Waals surface area contributed by atoms with Crippen LogP contribution in [-0.2, 0) is 11.3 Å². The maximum Gasteiger partial charge on any atom is 0.262 e. The number of aromatic nitrogens is 1. The fraction of sp³-hybridized carbons (Fsp3) is 0.538. The van der Waals surface area contributed by atoms with E-state index < -0.39 is 6.10 Å². The number of hydrogen-bond donors (Lipinski definition) is 1. The first-order chi connectivity index (χ1) is 8.54. The van der Waals surface area contributed by atoms with E-state index in [9.17, 15) is 4.79 Å². The van der Waals surface area contributed by atoms with E-state index in [0.29, 0.717) is 5.75 Å². The normalized spacial score (nSPS) is 12.0. The van der Waals surface area contributed by atoms with E-state index >= 15 is 0 Å². The minimum atomic E-state index is -0.499. The average molecular weight is 251 g/mol. The highest BCUT2D eigenvalue weighted by atomic mass is 16.5. The van der Waals surface area contributed by atoms with Gasteiger partial charge in [0.2, 0.25) is 0 Å². The Bertz CT molecular complexity index is 376. The summed E-state index contributed by atoms with van der Waals surface area (Å²) < 4.78 is 5.52. The highest BCUT2D eigenvalue weighted by Crippen LogP contribution is 2.12. The zero-order chi connectivity index (χ0) is 13.5. The molecule has 1 unspecified atom stereocenters. The number of rotatable bonds is 6. The Labute approximate surface area is 108 Å². The summed E-state index contributed by atoms with van der Waals surface area (Å²) in [7, 11) is 3.42. The van der Waals surface area contributed by atoms with Gasteiger partial charge in [-0.3, -0.25) is 9.78 Å². The lowest BCUT2D eigenvalue weighted by molar-refractivity contribution is -0.135. The standard InChI is InChI=1S/C13H21N3O2/c1-5-14-8-11-6-7-12(9-15-11)18-10(2)13(17)16(3)4/h6-7,9-10,14H,5,8H2,1-4H3. The lowest BCUT2D eigenvalue weighted by Crippen LogP contribution is -2.35. The summed E-state index contributed by atoms with van der Waals surface area (Å²) in [4.78, 5) is 17.4. The molecule has 0 bridgehead atoms. The molecule has 1 aromatic rings. The van der Waals surface area contributed by atoms with E-state index in [4.69, 9.17) is 4.74 Å². The summed E-state index contributed by atoms with van der Waals surface area (Å²) in [6, 6.07) is 3.73. The third kappa shape index (κ3) is 4.33. The van der Waals surface area contributed by atoms with Gasteiger partial charge in [-0.05, 0) is 25.6 Å². The van der Waals surface area contributed by atoms with Crippen LogP contribution in [0.1, 0.15) is 19.5 Å². The van der Waals surface area contributed by atoms with Crippen molar-refractivity contribution in [3.8, 4) is 5.75 Å². The second kappa shape index (κ2) is 6.96. The van der Waals surface area contributed by atoms with Crippen molar-refractivity contribution in [1.29, 1.82) is 0 Å². The number of nitrogens with one attached hydrogen (secondary N) is 1. The molecule has 5 nitrogen and oxygen atoms in total. The van der Waals surface area contributed by atoms with Gasteiger partial charge in [0.1, 0.15) is 5.75 Å². The van der Waals surface area contributed by atoms with Crippen LogP contribution in [-0.4, -0.2) is 42.5 Å². The Kier molecular flexibility index (Phi) is 5.58. The highest BCUT2D eigenvalue weighted by molar-refractivity contribution is 5.80. The first-order valence-corrected chi connectivity index (χ1v) is 6.08. The highest BCUT2D eigenvalue weighted by Gasteiger charge is 2.16. The third-order valence-electron chi connectivity index (χ3n) is 2.46. The molecule has 0 fully saturated rings. The van der Waals surface area contributed by atoms with Crippen LogP contribution in [0.15, 0.2) is 18.3 Å². The molecule has 1 N–H and O–H groups in total. The van der Waals surface area contributed by atoms with Gasteiger partial charge in [-0.1, -0.05) is 6.92 Å². The van der Waals surface area contributed by atoms with Crippen molar-refractivity contribution in [2.75, 3.05) is 20.6 Å². The lowest BCUT2D eigenvalue weighted by atomic mass is 10.3. The summed E-state index contributed by atoms with van der Waals surface area (Å²) in [6.07, 6.45) is 1.15. The molecule has 0 aliphatic carbocycles. The summed E-state index contributed by atoms with van der Waals surface area (Å²) in [6.45, 7) is 5.43. The zero-order valence-corrected chi connectivity index (χ0v) is 11.4. The van der Waals surface area contributed by atoms with E-state index in [1.165, 1.54) is 4.90 Å².